The summed E-state index contributed by atoms with van der Waals surface area (Å²) in [6.07, 6.45) is 13.2. The minimum atomic E-state index is -0.816. The molecule has 4 aliphatic rings. The summed E-state index contributed by atoms with van der Waals surface area (Å²) < 4.78 is 0. The van der Waals surface area contributed by atoms with Gasteiger partial charge in [-0.1, -0.05) is 44.4 Å². The van der Waals surface area contributed by atoms with Crippen LogP contribution in [0.25, 0.3) is 0 Å². The first-order chi connectivity index (χ1) is 16.0. The predicted molar refractivity (Wildman–Crippen MR) is 133 cm³/mol. The molecular weight excluding hydrogens is 424 g/mol. The van der Waals surface area contributed by atoms with E-state index in [9.17, 15) is 19.5 Å². The highest BCUT2D eigenvalue weighted by atomic mass is 16.4. The van der Waals surface area contributed by atoms with E-state index in [-0.39, 0.29) is 34.2 Å². The summed E-state index contributed by atoms with van der Waals surface area (Å²) in [6, 6.07) is 0. The first-order valence-corrected chi connectivity index (χ1v) is 13.1. The molecule has 0 bridgehead atoms. The quantitative estimate of drug-likeness (QED) is 0.386. The molecule has 0 spiro atoms. The molecule has 0 aromatic rings. The van der Waals surface area contributed by atoms with Gasteiger partial charge < -0.3 is 5.11 Å². The Morgan fingerprint density at radius 2 is 1.91 bits per heavy atom. The van der Waals surface area contributed by atoms with Gasteiger partial charge in [0.15, 0.2) is 5.78 Å². The fourth-order valence-corrected chi connectivity index (χ4v) is 8.43. The second-order valence-corrected chi connectivity index (χ2v) is 12.1. The Labute approximate surface area is 204 Å². The van der Waals surface area contributed by atoms with Crippen LogP contribution in [0.15, 0.2) is 23.3 Å². The Balaban J connectivity index is 1.58. The fourth-order valence-electron chi connectivity index (χ4n) is 8.43. The summed E-state index contributed by atoms with van der Waals surface area (Å²) in [4.78, 5) is 37.7. The van der Waals surface area contributed by atoms with Gasteiger partial charge in [0.2, 0.25) is 0 Å². The van der Waals surface area contributed by atoms with E-state index in [2.05, 4.69) is 33.3 Å². The standard InChI is InChI=1S/C30H40O4/c1-7-20-23-11-10-21-24-13-12-22(18(3)9-8-17(2)19(4)28(33)34)30(24,6)16-26(32)27(21)29(23,5)15-14-25(20)31/h1,18-20,22-24H,2,8-16H2,3-6H3,(H,33,34)/t18-,19?,20+,22-,23+,24+,29+,30-/m1/s1. The van der Waals surface area contributed by atoms with Crippen molar-refractivity contribution in [2.45, 2.75) is 85.5 Å². The summed E-state index contributed by atoms with van der Waals surface area (Å²) in [5.74, 6) is 2.91. The minimum absolute atomic E-state index is 0.0473. The summed E-state index contributed by atoms with van der Waals surface area (Å²) in [5, 5.41) is 9.28. The molecule has 34 heavy (non-hydrogen) atoms. The number of carbonyl (C=O) groups is 3. The van der Waals surface area contributed by atoms with Gasteiger partial charge in [0.05, 0.1) is 11.8 Å². The van der Waals surface area contributed by atoms with Gasteiger partial charge in [0.25, 0.3) is 0 Å². The van der Waals surface area contributed by atoms with E-state index in [1.807, 2.05) is 0 Å². The van der Waals surface area contributed by atoms with E-state index in [0.717, 1.165) is 56.1 Å². The van der Waals surface area contributed by atoms with Crippen LogP contribution in [-0.2, 0) is 14.4 Å². The highest BCUT2D eigenvalue weighted by Gasteiger charge is 2.59. The third-order valence-corrected chi connectivity index (χ3v) is 10.5. The zero-order valence-corrected chi connectivity index (χ0v) is 21.3. The first kappa shape index (κ1) is 25.0. The molecule has 0 heterocycles. The van der Waals surface area contributed by atoms with Crippen LogP contribution in [0, 0.1) is 58.7 Å². The molecule has 1 unspecified atom stereocenters. The normalized spacial score (nSPS) is 38.9. The van der Waals surface area contributed by atoms with Gasteiger partial charge >= 0.3 is 5.97 Å². The van der Waals surface area contributed by atoms with E-state index in [0.29, 0.717) is 30.6 Å². The van der Waals surface area contributed by atoms with Crippen LogP contribution in [0.5, 0.6) is 0 Å². The average molecular weight is 465 g/mol. The van der Waals surface area contributed by atoms with Crippen molar-refractivity contribution in [1.82, 2.24) is 0 Å². The fraction of sp³-hybridized carbons (Fsp3) is 0.700. The highest BCUT2D eigenvalue weighted by molar-refractivity contribution is 6.00. The maximum atomic E-state index is 13.8. The molecule has 184 valence electrons. The van der Waals surface area contributed by atoms with Gasteiger partial charge in [-0.3, -0.25) is 14.4 Å². The molecule has 0 aromatic carbocycles. The SMILES string of the molecule is C#C[C@@H]1C(=O)CC[C@]2(C)C3=C(CC[C@@H]12)[C@@H]1CC[C@H]([C@H](C)CCC(=C)C(C)C(=O)O)[C@@]1(C)CC3=O. The summed E-state index contributed by atoms with van der Waals surface area (Å²) >= 11 is 0. The van der Waals surface area contributed by atoms with E-state index < -0.39 is 11.9 Å². The van der Waals surface area contributed by atoms with Crippen molar-refractivity contribution in [1.29, 1.82) is 0 Å². The zero-order chi connectivity index (χ0) is 25.0. The topological polar surface area (TPSA) is 71.4 Å². The third kappa shape index (κ3) is 3.71. The van der Waals surface area contributed by atoms with Crippen molar-refractivity contribution < 1.29 is 19.5 Å². The zero-order valence-electron chi connectivity index (χ0n) is 21.3. The number of carbonyl (C=O) groups excluding carboxylic acids is 2. The lowest BCUT2D eigenvalue weighted by atomic mass is 9.48. The monoisotopic (exact) mass is 464 g/mol. The molecule has 0 radical (unpaired) electrons. The second-order valence-electron chi connectivity index (χ2n) is 12.1. The van der Waals surface area contributed by atoms with Crippen molar-refractivity contribution >= 4 is 17.5 Å². The lowest BCUT2D eigenvalue weighted by Gasteiger charge is -2.54. The molecule has 0 aliphatic heterocycles. The number of terminal acetylenes is 1. The van der Waals surface area contributed by atoms with Crippen molar-refractivity contribution in [2.75, 3.05) is 0 Å². The molecule has 4 aliphatic carbocycles. The number of hydrogen-bond acceptors (Lipinski definition) is 3. The predicted octanol–water partition coefficient (Wildman–Crippen LogP) is 6.01. The number of aliphatic carboxylic acids is 1. The van der Waals surface area contributed by atoms with Crippen LogP contribution in [0.2, 0.25) is 0 Å². The van der Waals surface area contributed by atoms with Gasteiger partial charge in [-0.15, -0.1) is 6.42 Å². The van der Waals surface area contributed by atoms with E-state index >= 15 is 0 Å². The average Bonchev–Trinajstić information content (AvgIpc) is 3.13. The number of carboxylic acid groups (broad SMARTS) is 1. The van der Waals surface area contributed by atoms with Gasteiger partial charge in [-0.2, -0.15) is 0 Å². The molecule has 2 fully saturated rings. The Kier molecular flexibility index (Phi) is 6.47. The molecule has 0 aromatic heterocycles. The van der Waals surface area contributed by atoms with Gasteiger partial charge in [0.1, 0.15) is 5.78 Å². The molecule has 2 saturated carbocycles. The van der Waals surface area contributed by atoms with Crippen LogP contribution in [-0.4, -0.2) is 22.6 Å². The van der Waals surface area contributed by atoms with Crippen molar-refractivity contribution in [2.24, 2.45) is 46.3 Å². The van der Waals surface area contributed by atoms with Crippen LogP contribution in [0.3, 0.4) is 0 Å². The number of allylic oxidation sites excluding steroid dienone is 2. The van der Waals surface area contributed by atoms with Gasteiger partial charge in [-0.25, -0.2) is 0 Å². The van der Waals surface area contributed by atoms with Crippen molar-refractivity contribution in [3.63, 3.8) is 0 Å². The largest absolute Gasteiger partial charge is 0.481 e. The van der Waals surface area contributed by atoms with E-state index in [4.69, 9.17) is 6.42 Å². The number of ketones is 2. The van der Waals surface area contributed by atoms with E-state index in [1.54, 1.807) is 6.92 Å². The lowest BCUT2D eigenvalue weighted by Crippen LogP contribution is -2.51. The molecule has 4 rings (SSSR count). The summed E-state index contributed by atoms with van der Waals surface area (Å²) in [7, 11) is 0. The first-order valence-electron chi connectivity index (χ1n) is 13.1. The molecule has 1 N–H and O–H groups in total. The number of rotatable bonds is 6. The minimum Gasteiger partial charge on any atom is -0.481 e. The highest BCUT2D eigenvalue weighted by Crippen LogP contribution is 2.65. The number of hydrogen-bond donors (Lipinski definition) is 1. The molecule has 0 saturated heterocycles. The second kappa shape index (κ2) is 8.81. The van der Waals surface area contributed by atoms with Crippen LogP contribution < -0.4 is 0 Å². The van der Waals surface area contributed by atoms with Crippen molar-refractivity contribution in [3.8, 4) is 12.3 Å². The lowest BCUT2D eigenvalue weighted by molar-refractivity contribution is -0.140. The Morgan fingerprint density at radius 1 is 1.21 bits per heavy atom. The van der Waals surface area contributed by atoms with Gasteiger partial charge in [-0.05, 0) is 81.0 Å². The molecule has 4 nitrogen and oxygen atoms in total. The maximum absolute atomic E-state index is 13.8. The van der Waals surface area contributed by atoms with Crippen molar-refractivity contribution in [3.05, 3.63) is 23.3 Å². The summed E-state index contributed by atoms with van der Waals surface area (Å²) in [6.45, 7) is 12.5. The molecule has 8 atom stereocenters. The number of Topliss-reactive ketones (excluding diaryl/α,β-unsaturated/α-hetero) is 2. The number of carboxylic acids is 1. The van der Waals surface area contributed by atoms with Gasteiger partial charge in [0, 0.05) is 23.8 Å². The molecule has 0 amide bonds. The van der Waals surface area contributed by atoms with Crippen LogP contribution in [0.4, 0.5) is 0 Å². The Morgan fingerprint density at radius 3 is 2.56 bits per heavy atom. The third-order valence-electron chi connectivity index (χ3n) is 10.5. The van der Waals surface area contributed by atoms with Crippen LogP contribution >= 0.6 is 0 Å². The summed E-state index contributed by atoms with van der Waals surface area (Å²) in [5.41, 5.74) is 2.88. The van der Waals surface area contributed by atoms with E-state index in [1.165, 1.54) is 5.57 Å². The number of fused-ring (bicyclic) bond motifs is 4. The Hall–Kier alpha value is -2.15. The smallest absolute Gasteiger partial charge is 0.310 e. The molecule has 4 heteroatoms. The van der Waals surface area contributed by atoms with Crippen LogP contribution in [0.1, 0.15) is 85.5 Å². The Bertz CT molecular complexity index is 996. The maximum Gasteiger partial charge on any atom is 0.310 e. The molecular formula is C30H40O4.